The first kappa shape index (κ1) is 24.4. The number of Topliss-reactive ketones (excluding diaryl/α,β-unsaturated/α-hetero) is 1. The minimum Gasteiger partial charge on any atom is -0.497 e. The van der Waals surface area contributed by atoms with Crippen molar-refractivity contribution in [3.8, 4) is 5.75 Å². The molecule has 3 aromatic rings. The first-order chi connectivity index (χ1) is 17.9. The maximum absolute atomic E-state index is 14.4. The van der Waals surface area contributed by atoms with E-state index in [2.05, 4.69) is 10.6 Å². The average Bonchev–Trinajstić information content (AvgIpc) is 2.90. The summed E-state index contributed by atoms with van der Waals surface area (Å²) in [7, 11) is 1.54. The van der Waals surface area contributed by atoms with E-state index in [9.17, 15) is 18.4 Å². The molecule has 1 amide bonds. The summed E-state index contributed by atoms with van der Waals surface area (Å²) >= 11 is 0. The molecule has 2 atom stereocenters. The second-order valence-electron chi connectivity index (χ2n) is 9.26. The second-order valence-corrected chi connectivity index (χ2v) is 9.26. The lowest BCUT2D eigenvalue weighted by Gasteiger charge is -2.37. The van der Waals surface area contributed by atoms with Crippen molar-refractivity contribution in [2.24, 2.45) is 0 Å². The summed E-state index contributed by atoms with van der Waals surface area (Å²) in [6, 6.07) is 20.4. The summed E-state index contributed by atoms with van der Waals surface area (Å²) in [4.78, 5) is 27.3. The fourth-order valence-corrected chi connectivity index (χ4v) is 5.25. The topological polar surface area (TPSA) is 67.4 Å². The summed E-state index contributed by atoms with van der Waals surface area (Å²) in [5, 5.41) is 5.68. The first-order valence-corrected chi connectivity index (χ1v) is 12.1. The molecule has 188 valence electrons. The van der Waals surface area contributed by atoms with Crippen LogP contribution in [0.4, 0.5) is 14.5 Å². The normalized spacial score (nSPS) is 19.3. The molecule has 2 N–H and O–H groups in total. The van der Waals surface area contributed by atoms with Crippen molar-refractivity contribution < 1.29 is 23.1 Å². The van der Waals surface area contributed by atoms with Crippen LogP contribution in [0, 0.1) is 11.6 Å². The predicted molar refractivity (Wildman–Crippen MR) is 137 cm³/mol. The smallest absolute Gasteiger partial charge is 0.254 e. The van der Waals surface area contributed by atoms with Crippen LogP contribution in [-0.4, -0.2) is 18.8 Å². The molecular weight excluding hydrogens is 474 g/mol. The summed E-state index contributed by atoms with van der Waals surface area (Å²) in [6.45, 7) is 1.74. The fourth-order valence-electron chi connectivity index (χ4n) is 5.25. The lowest BCUT2D eigenvalue weighted by Crippen LogP contribution is -2.37. The lowest BCUT2D eigenvalue weighted by molar-refractivity contribution is -0.116. The zero-order valence-corrected chi connectivity index (χ0v) is 20.5. The van der Waals surface area contributed by atoms with E-state index in [0.29, 0.717) is 35.4 Å². The summed E-state index contributed by atoms with van der Waals surface area (Å²) < 4.78 is 34.1. The van der Waals surface area contributed by atoms with Crippen LogP contribution in [0.5, 0.6) is 5.75 Å². The van der Waals surface area contributed by atoms with E-state index in [1.54, 1.807) is 25.1 Å². The number of carbonyl (C=O) groups excluding carboxylic acids is 2. The van der Waals surface area contributed by atoms with Crippen LogP contribution in [0.1, 0.15) is 42.7 Å². The number of hydrogen-bond donors (Lipinski definition) is 2. The maximum Gasteiger partial charge on any atom is 0.254 e. The number of dihydropyridines is 1. The highest BCUT2D eigenvalue weighted by Crippen LogP contribution is 2.46. The van der Waals surface area contributed by atoms with Gasteiger partial charge < -0.3 is 15.4 Å². The fraction of sp³-hybridized carbons (Fsp3) is 0.200. The molecule has 0 aromatic heterocycles. The van der Waals surface area contributed by atoms with Crippen LogP contribution in [0.2, 0.25) is 0 Å². The molecule has 5 nitrogen and oxygen atoms in total. The van der Waals surface area contributed by atoms with Gasteiger partial charge in [-0.1, -0.05) is 48.5 Å². The van der Waals surface area contributed by atoms with Gasteiger partial charge in [-0.25, -0.2) is 8.78 Å². The number of anilines is 1. The Morgan fingerprint density at radius 1 is 0.946 bits per heavy atom. The van der Waals surface area contributed by atoms with Gasteiger partial charge in [0.2, 0.25) is 0 Å². The molecule has 0 fully saturated rings. The van der Waals surface area contributed by atoms with Crippen LogP contribution in [0.25, 0.3) is 0 Å². The third-order valence-electron chi connectivity index (χ3n) is 6.97. The zero-order valence-electron chi connectivity index (χ0n) is 20.5. The highest BCUT2D eigenvalue weighted by atomic mass is 19.1. The van der Waals surface area contributed by atoms with E-state index in [1.165, 1.54) is 13.2 Å². The van der Waals surface area contributed by atoms with Gasteiger partial charge in [0.15, 0.2) is 5.78 Å². The van der Waals surface area contributed by atoms with E-state index in [-0.39, 0.29) is 17.3 Å². The number of ketones is 1. The van der Waals surface area contributed by atoms with Gasteiger partial charge in [-0.3, -0.25) is 9.59 Å². The molecule has 0 radical (unpaired) electrons. The Morgan fingerprint density at radius 3 is 2.32 bits per heavy atom. The Balaban J connectivity index is 1.59. The molecular formula is C30H26F2N2O3. The van der Waals surface area contributed by atoms with E-state index < -0.39 is 29.1 Å². The van der Waals surface area contributed by atoms with Crippen molar-refractivity contribution in [2.45, 2.75) is 31.6 Å². The molecule has 0 saturated heterocycles. The van der Waals surface area contributed by atoms with Crippen LogP contribution in [0.3, 0.4) is 0 Å². The van der Waals surface area contributed by atoms with Crippen molar-refractivity contribution in [1.29, 1.82) is 0 Å². The van der Waals surface area contributed by atoms with Crippen LogP contribution in [0.15, 0.2) is 95.3 Å². The van der Waals surface area contributed by atoms with Gasteiger partial charge in [-0.15, -0.1) is 0 Å². The van der Waals surface area contributed by atoms with Crippen molar-refractivity contribution in [1.82, 2.24) is 5.32 Å². The van der Waals surface area contributed by atoms with Gasteiger partial charge in [0.1, 0.15) is 23.1 Å². The number of allylic oxidation sites excluding steroid dienone is 3. The van der Waals surface area contributed by atoms with Crippen molar-refractivity contribution in [3.63, 3.8) is 0 Å². The Bertz CT molecular complexity index is 1430. The van der Waals surface area contributed by atoms with Crippen molar-refractivity contribution in [3.05, 3.63) is 118 Å². The molecule has 1 aliphatic carbocycles. The van der Waals surface area contributed by atoms with Gasteiger partial charge in [-0.2, -0.15) is 0 Å². The van der Waals surface area contributed by atoms with Gasteiger partial charge >= 0.3 is 0 Å². The Hall–Kier alpha value is -4.26. The van der Waals surface area contributed by atoms with Gasteiger partial charge in [-0.05, 0) is 54.7 Å². The van der Waals surface area contributed by atoms with E-state index in [1.807, 2.05) is 36.4 Å². The third-order valence-corrected chi connectivity index (χ3v) is 6.97. The van der Waals surface area contributed by atoms with Crippen molar-refractivity contribution in [2.75, 3.05) is 12.4 Å². The molecule has 7 heteroatoms. The van der Waals surface area contributed by atoms with Crippen LogP contribution in [-0.2, 0) is 9.59 Å². The molecule has 2 aliphatic rings. The highest BCUT2D eigenvalue weighted by Gasteiger charge is 2.41. The predicted octanol–water partition coefficient (Wildman–Crippen LogP) is 5.97. The molecule has 2 unspecified atom stereocenters. The largest absolute Gasteiger partial charge is 0.497 e. The summed E-state index contributed by atoms with van der Waals surface area (Å²) in [6.07, 6.45) is 0.890. The third kappa shape index (κ3) is 4.65. The minimum atomic E-state index is -0.882. The zero-order chi connectivity index (χ0) is 26.1. The Kier molecular flexibility index (Phi) is 6.61. The number of halogens is 2. The molecule has 0 bridgehead atoms. The molecule has 1 aliphatic heterocycles. The Morgan fingerprint density at radius 2 is 1.62 bits per heavy atom. The van der Waals surface area contributed by atoms with Gasteiger partial charge in [0, 0.05) is 34.9 Å². The number of benzene rings is 3. The molecule has 3 aromatic carbocycles. The summed E-state index contributed by atoms with van der Waals surface area (Å²) in [5.41, 5.74) is 3.20. The van der Waals surface area contributed by atoms with Crippen LogP contribution < -0.4 is 15.4 Å². The number of ether oxygens (including phenoxy) is 1. The molecule has 37 heavy (non-hydrogen) atoms. The number of hydrogen-bond acceptors (Lipinski definition) is 4. The van der Waals surface area contributed by atoms with E-state index >= 15 is 0 Å². The number of para-hydroxylation sites is 1. The standard InChI is InChI=1S/C30H26F2N2O3/c1-17-26(30(36)34-29-22(31)12-7-13-23(29)32)27(19-10-6-11-21(14-19)37-2)28-24(33-17)15-20(16-25(28)35)18-8-4-3-5-9-18/h3-14,20,27,33H,15-16H2,1-2H3,(H,34,36). The number of nitrogens with one attached hydrogen (secondary N) is 2. The quantitative estimate of drug-likeness (QED) is 0.453. The minimum absolute atomic E-state index is 0.00148. The SMILES string of the molecule is COc1cccc(C2C(C(=O)Nc3c(F)cccc3F)=C(C)NC3=C2C(=O)CC(c2ccccc2)C3)c1. The van der Waals surface area contributed by atoms with E-state index in [4.69, 9.17) is 4.74 Å². The van der Waals surface area contributed by atoms with Gasteiger partial charge in [0.25, 0.3) is 5.91 Å². The molecule has 0 saturated carbocycles. The number of rotatable bonds is 5. The maximum atomic E-state index is 14.4. The van der Waals surface area contributed by atoms with Crippen LogP contribution >= 0.6 is 0 Å². The van der Waals surface area contributed by atoms with Crippen molar-refractivity contribution >= 4 is 17.4 Å². The highest BCUT2D eigenvalue weighted by molar-refractivity contribution is 6.10. The monoisotopic (exact) mass is 500 g/mol. The molecule has 1 heterocycles. The molecule has 0 spiro atoms. The summed E-state index contributed by atoms with van der Waals surface area (Å²) in [5.74, 6) is -2.69. The first-order valence-electron chi connectivity index (χ1n) is 12.1. The van der Waals surface area contributed by atoms with E-state index in [0.717, 1.165) is 23.4 Å². The number of methoxy groups -OCH3 is 1. The number of amides is 1. The lowest BCUT2D eigenvalue weighted by atomic mass is 9.71. The number of carbonyl (C=O) groups is 2. The molecule has 5 rings (SSSR count). The average molecular weight is 501 g/mol. The Labute approximate surface area is 213 Å². The second kappa shape index (κ2) is 10.0. The van der Waals surface area contributed by atoms with Gasteiger partial charge in [0.05, 0.1) is 7.11 Å².